The van der Waals surface area contributed by atoms with Gasteiger partial charge in [0.15, 0.2) is 0 Å². The topological polar surface area (TPSA) is 64.9 Å². The Morgan fingerprint density at radius 1 is 1.50 bits per heavy atom. The zero-order chi connectivity index (χ0) is 11.2. The Kier molecular flexibility index (Phi) is 4.55. The molecule has 0 radical (unpaired) electrons. The smallest absolute Gasteiger partial charge is 0.209 e. The summed E-state index contributed by atoms with van der Waals surface area (Å²) in [6, 6.07) is 0.618. The van der Waals surface area contributed by atoms with E-state index in [-0.39, 0.29) is 0 Å². The normalized spacial score (nSPS) is 17.8. The second kappa shape index (κ2) is 6.17. The van der Waals surface area contributed by atoms with Crippen molar-refractivity contribution in [2.75, 3.05) is 25.5 Å². The number of nitrogens with zero attached hydrogens (tertiary/aromatic N) is 4. The lowest BCUT2D eigenvalue weighted by molar-refractivity contribution is 0.0786. The van der Waals surface area contributed by atoms with Crippen LogP contribution in [0.2, 0.25) is 0 Å². The van der Waals surface area contributed by atoms with Crippen molar-refractivity contribution >= 4 is 11.8 Å². The van der Waals surface area contributed by atoms with Crippen LogP contribution in [0.5, 0.6) is 0 Å². The van der Waals surface area contributed by atoms with Gasteiger partial charge in [-0.3, -0.25) is 0 Å². The highest BCUT2D eigenvalue weighted by atomic mass is 32.2. The minimum absolute atomic E-state index is 0.618. The van der Waals surface area contributed by atoms with Crippen LogP contribution in [0.3, 0.4) is 0 Å². The van der Waals surface area contributed by atoms with E-state index in [4.69, 9.17) is 4.74 Å². The molecule has 2 rings (SSSR count). The van der Waals surface area contributed by atoms with Crippen molar-refractivity contribution in [1.82, 2.24) is 25.5 Å². The number of hydrogen-bond donors (Lipinski definition) is 1. The van der Waals surface area contributed by atoms with Crippen molar-refractivity contribution in [1.29, 1.82) is 0 Å². The molecule has 0 aromatic carbocycles. The Morgan fingerprint density at radius 2 is 2.31 bits per heavy atom. The Balaban J connectivity index is 1.59. The molecule has 16 heavy (non-hydrogen) atoms. The molecular formula is C9H17N5OS. The summed E-state index contributed by atoms with van der Waals surface area (Å²) < 4.78 is 7.00. The molecule has 1 aromatic rings. The minimum atomic E-state index is 0.618. The molecule has 7 heteroatoms. The predicted molar refractivity (Wildman–Crippen MR) is 61.4 cm³/mol. The maximum atomic E-state index is 5.31. The number of aryl methyl sites for hydroxylation is 1. The van der Waals surface area contributed by atoms with Crippen molar-refractivity contribution in [2.24, 2.45) is 7.05 Å². The number of hydrogen-bond acceptors (Lipinski definition) is 6. The fraction of sp³-hybridized carbons (Fsp3) is 0.889. The van der Waals surface area contributed by atoms with Gasteiger partial charge >= 0.3 is 0 Å². The summed E-state index contributed by atoms with van der Waals surface area (Å²) >= 11 is 1.68. The lowest BCUT2D eigenvalue weighted by Crippen LogP contribution is -2.36. The highest BCUT2D eigenvalue weighted by Crippen LogP contribution is 2.11. The summed E-state index contributed by atoms with van der Waals surface area (Å²) in [6.07, 6.45) is 2.24. The molecule has 0 atom stereocenters. The number of rotatable bonds is 5. The van der Waals surface area contributed by atoms with Gasteiger partial charge in [0.05, 0.1) is 0 Å². The summed E-state index contributed by atoms with van der Waals surface area (Å²) in [5.74, 6) is 0.992. The van der Waals surface area contributed by atoms with Crippen LogP contribution in [-0.2, 0) is 11.8 Å². The molecule has 90 valence electrons. The first kappa shape index (κ1) is 11.8. The lowest BCUT2D eigenvalue weighted by atomic mass is 10.1. The SMILES string of the molecule is Cn1nnnc1SCCNC1CCOCC1. The molecule has 1 fully saturated rings. The second-order valence-corrected chi connectivity index (χ2v) is 4.84. The van der Waals surface area contributed by atoms with Crippen LogP contribution in [0.4, 0.5) is 0 Å². The molecule has 0 saturated carbocycles. The van der Waals surface area contributed by atoms with Crippen LogP contribution in [0, 0.1) is 0 Å². The maximum absolute atomic E-state index is 5.31. The molecule has 0 spiro atoms. The summed E-state index contributed by atoms with van der Waals surface area (Å²) in [7, 11) is 1.86. The van der Waals surface area contributed by atoms with Gasteiger partial charge in [0.2, 0.25) is 5.16 Å². The summed E-state index contributed by atoms with van der Waals surface area (Å²) in [6.45, 7) is 2.76. The Hall–Kier alpha value is -0.660. The van der Waals surface area contributed by atoms with Gasteiger partial charge in [0.25, 0.3) is 0 Å². The van der Waals surface area contributed by atoms with E-state index >= 15 is 0 Å². The minimum Gasteiger partial charge on any atom is -0.381 e. The standard InChI is InChI=1S/C9H17N5OS/c1-14-9(11-12-13-14)16-7-4-10-8-2-5-15-6-3-8/h8,10H,2-7H2,1H3. The van der Waals surface area contributed by atoms with E-state index in [0.29, 0.717) is 6.04 Å². The number of ether oxygens (including phenoxy) is 1. The molecule has 0 bridgehead atoms. The van der Waals surface area contributed by atoms with Crippen LogP contribution in [0.25, 0.3) is 0 Å². The van der Waals surface area contributed by atoms with E-state index in [1.54, 1.807) is 16.4 Å². The van der Waals surface area contributed by atoms with Crippen LogP contribution in [-0.4, -0.2) is 51.8 Å². The molecule has 0 amide bonds. The first-order valence-electron chi connectivity index (χ1n) is 5.52. The highest BCUT2D eigenvalue weighted by molar-refractivity contribution is 7.99. The van der Waals surface area contributed by atoms with Gasteiger partial charge < -0.3 is 10.1 Å². The molecule has 1 N–H and O–H groups in total. The van der Waals surface area contributed by atoms with Gasteiger partial charge in [0.1, 0.15) is 0 Å². The van der Waals surface area contributed by atoms with E-state index in [9.17, 15) is 0 Å². The molecule has 2 heterocycles. The van der Waals surface area contributed by atoms with Crippen molar-refractivity contribution in [3.63, 3.8) is 0 Å². The van der Waals surface area contributed by atoms with Crippen molar-refractivity contribution in [3.05, 3.63) is 0 Å². The summed E-state index contributed by atoms with van der Waals surface area (Å²) in [5.41, 5.74) is 0. The molecule has 0 unspecified atom stereocenters. The van der Waals surface area contributed by atoms with Crippen molar-refractivity contribution < 1.29 is 4.74 Å². The van der Waals surface area contributed by atoms with Gasteiger partial charge in [-0.2, -0.15) is 0 Å². The maximum Gasteiger partial charge on any atom is 0.209 e. The van der Waals surface area contributed by atoms with Gasteiger partial charge in [-0.15, -0.1) is 5.10 Å². The average molecular weight is 243 g/mol. The molecular weight excluding hydrogens is 226 g/mol. The number of tetrazole rings is 1. The predicted octanol–water partition coefficient (Wildman–Crippen LogP) is 0.0708. The molecule has 0 aliphatic carbocycles. The monoisotopic (exact) mass is 243 g/mol. The fourth-order valence-electron chi connectivity index (χ4n) is 1.65. The van der Waals surface area contributed by atoms with Gasteiger partial charge in [0, 0.05) is 38.6 Å². The molecule has 1 aliphatic heterocycles. The largest absolute Gasteiger partial charge is 0.381 e. The molecule has 1 aromatic heterocycles. The average Bonchev–Trinajstić information content (AvgIpc) is 2.72. The van der Waals surface area contributed by atoms with E-state index < -0.39 is 0 Å². The fourth-order valence-corrected chi connectivity index (χ4v) is 2.37. The molecule has 1 aliphatic rings. The quantitative estimate of drug-likeness (QED) is 0.583. The first-order valence-corrected chi connectivity index (χ1v) is 6.51. The Morgan fingerprint density at radius 3 is 3.00 bits per heavy atom. The highest BCUT2D eigenvalue weighted by Gasteiger charge is 2.12. The third kappa shape index (κ3) is 3.43. The third-order valence-electron chi connectivity index (χ3n) is 2.57. The second-order valence-electron chi connectivity index (χ2n) is 3.77. The third-order valence-corrected chi connectivity index (χ3v) is 3.58. The molecule has 6 nitrogen and oxygen atoms in total. The van der Waals surface area contributed by atoms with E-state index in [1.165, 1.54) is 0 Å². The van der Waals surface area contributed by atoms with Gasteiger partial charge in [-0.05, 0) is 23.3 Å². The van der Waals surface area contributed by atoms with Crippen molar-refractivity contribution in [3.8, 4) is 0 Å². The molecule has 1 saturated heterocycles. The zero-order valence-corrected chi connectivity index (χ0v) is 10.2. The van der Waals surface area contributed by atoms with E-state index in [0.717, 1.165) is 43.5 Å². The number of thioether (sulfide) groups is 1. The lowest BCUT2D eigenvalue weighted by Gasteiger charge is -2.22. The van der Waals surface area contributed by atoms with Crippen LogP contribution in [0.15, 0.2) is 5.16 Å². The first-order chi connectivity index (χ1) is 7.86. The Labute approximate surface area is 99.1 Å². The van der Waals surface area contributed by atoms with Crippen LogP contribution >= 0.6 is 11.8 Å². The van der Waals surface area contributed by atoms with Gasteiger partial charge in [-0.1, -0.05) is 11.8 Å². The summed E-state index contributed by atoms with van der Waals surface area (Å²) in [5, 5.41) is 15.7. The van der Waals surface area contributed by atoms with Gasteiger partial charge in [-0.25, -0.2) is 4.68 Å². The summed E-state index contributed by atoms with van der Waals surface area (Å²) in [4.78, 5) is 0. The Bertz CT molecular complexity index is 313. The number of nitrogens with one attached hydrogen (secondary N) is 1. The van der Waals surface area contributed by atoms with E-state index in [1.807, 2.05) is 7.05 Å². The van der Waals surface area contributed by atoms with Crippen LogP contribution < -0.4 is 5.32 Å². The van der Waals surface area contributed by atoms with E-state index in [2.05, 4.69) is 20.8 Å². The zero-order valence-electron chi connectivity index (χ0n) is 9.43. The van der Waals surface area contributed by atoms with Crippen molar-refractivity contribution in [2.45, 2.75) is 24.0 Å². The number of aromatic nitrogens is 4. The van der Waals surface area contributed by atoms with Crippen LogP contribution in [0.1, 0.15) is 12.8 Å².